The van der Waals surface area contributed by atoms with Gasteiger partial charge in [-0.2, -0.15) is 0 Å². The molecule has 1 unspecified atom stereocenters. The lowest BCUT2D eigenvalue weighted by Gasteiger charge is -2.23. The molecule has 2 nitrogen and oxygen atoms in total. The van der Waals surface area contributed by atoms with E-state index in [1.807, 2.05) is 11.8 Å². The Morgan fingerprint density at radius 1 is 1.67 bits per heavy atom. The number of esters is 1. The van der Waals surface area contributed by atoms with Gasteiger partial charge >= 0.3 is 5.97 Å². The van der Waals surface area contributed by atoms with Gasteiger partial charge in [-0.15, -0.1) is 11.8 Å². The zero-order valence-electron chi connectivity index (χ0n) is 10.0. The first-order chi connectivity index (χ1) is 6.93. The molecule has 1 heterocycles. The van der Waals surface area contributed by atoms with E-state index in [1.165, 1.54) is 11.8 Å². The molecule has 0 aromatic heterocycles. The molecule has 0 fully saturated rings. The Morgan fingerprint density at radius 2 is 2.33 bits per heavy atom. The number of thioether (sulfide) groups is 1. The van der Waals surface area contributed by atoms with Crippen LogP contribution >= 0.6 is 11.8 Å². The van der Waals surface area contributed by atoms with Crippen LogP contribution in [0.25, 0.3) is 0 Å². The van der Waals surface area contributed by atoms with Gasteiger partial charge in [0.15, 0.2) is 0 Å². The highest BCUT2D eigenvalue weighted by molar-refractivity contribution is 8.04. The fourth-order valence-corrected chi connectivity index (χ4v) is 2.93. The predicted molar refractivity (Wildman–Crippen MR) is 64.8 cm³/mol. The second-order valence-electron chi connectivity index (χ2n) is 4.61. The number of hydrogen-bond donors (Lipinski definition) is 0. The standard InChI is InChI=1S/C12H20O2S/c1-9(2)11-5-6-12(4,15-11)7-8-14-10(3)13/h5,9H,6-8H2,1-4H3. The van der Waals surface area contributed by atoms with Crippen LogP contribution in [0.15, 0.2) is 11.0 Å². The maximum absolute atomic E-state index is 10.7. The van der Waals surface area contributed by atoms with Crippen LogP contribution in [-0.4, -0.2) is 17.3 Å². The van der Waals surface area contributed by atoms with Gasteiger partial charge in [0.05, 0.1) is 6.61 Å². The van der Waals surface area contributed by atoms with E-state index in [1.54, 1.807) is 0 Å². The van der Waals surface area contributed by atoms with Crippen LogP contribution in [0.1, 0.15) is 40.5 Å². The Hall–Kier alpha value is -0.440. The predicted octanol–water partition coefficient (Wildman–Crippen LogP) is 3.38. The summed E-state index contributed by atoms with van der Waals surface area (Å²) in [6.45, 7) is 8.68. The van der Waals surface area contributed by atoms with Gasteiger partial charge in [0, 0.05) is 11.7 Å². The summed E-state index contributed by atoms with van der Waals surface area (Å²) in [7, 11) is 0. The van der Waals surface area contributed by atoms with E-state index in [9.17, 15) is 4.79 Å². The van der Waals surface area contributed by atoms with Crippen molar-refractivity contribution in [1.29, 1.82) is 0 Å². The number of rotatable bonds is 4. The molecule has 0 aliphatic carbocycles. The van der Waals surface area contributed by atoms with Gasteiger partial charge in [0.2, 0.25) is 0 Å². The van der Waals surface area contributed by atoms with Crippen molar-refractivity contribution in [1.82, 2.24) is 0 Å². The molecule has 0 aromatic rings. The van der Waals surface area contributed by atoms with Crippen LogP contribution in [0.3, 0.4) is 0 Å². The van der Waals surface area contributed by atoms with Crippen LogP contribution in [0, 0.1) is 5.92 Å². The van der Waals surface area contributed by atoms with Crippen molar-refractivity contribution < 1.29 is 9.53 Å². The average molecular weight is 228 g/mol. The van der Waals surface area contributed by atoms with E-state index < -0.39 is 0 Å². The van der Waals surface area contributed by atoms with E-state index in [-0.39, 0.29) is 10.7 Å². The minimum atomic E-state index is -0.182. The van der Waals surface area contributed by atoms with Crippen LogP contribution < -0.4 is 0 Å². The minimum Gasteiger partial charge on any atom is -0.466 e. The summed E-state index contributed by atoms with van der Waals surface area (Å²) < 4.78 is 5.22. The van der Waals surface area contributed by atoms with E-state index >= 15 is 0 Å². The summed E-state index contributed by atoms with van der Waals surface area (Å²) in [5.74, 6) is 0.434. The van der Waals surface area contributed by atoms with Gasteiger partial charge in [-0.3, -0.25) is 4.79 Å². The molecule has 1 aliphatic heterocycles. The first-order valence-electron chi connectivity index (χ1n) is 5.45. The highest BCUT2D eigenvalue weighted by Crippen LogP contribution is 2.46. The summed E-state index contributed by atoms with van der Waals surface area (Å²) in [6, 6.07) is 0. The van der Waals surface area contributed by atoms with Crippen molar-refractivity contribution in [3.05, 3.63) is 11.0 Å². The highest BCUT2D eigenvalue weighted by atomic mass is 32.2. The molecular weight excluding hydrogens is 208 g/mol. The molecular formula is C12H20O2S. The number of allylic oxidation sites excluding steroid dienone is 2. The van der Waals surface area contributed by atoms with Crippen molar-refractivity contribution in [2.45, 2.75) is 45.3 Å². The van der Waals surface area contributed by atoms with Gasteiger partial charge in [0.25, 0.3) is 0 Å². The zero-order valence-corrected chi connectivity index (χ0v) is 10.8. The van der Waals surface area contributed by atoms with Crippen molar-refractivity contribution in [2.75, 3.05) is 6.61 Å². The quantitative estimate of drug-likeness (QED) is 0.690. The molecule has 0 bridgehead atoms. The first-order valence-corrected chi connectivity index (χ1v) is 6.27. The van der Waals surface area contributed by atoms with Crippen molar-refractivity contribution in [3.8, 4) is 0 Å². The SMILES string of the molecule is CC(=O)OCCC1(C)CC=C(C(C)C)S1. The summed E-state index contributed by atoms with van der Waals surface area (Å²) >= 11 is 1.94. The van der Waals surface area contributed by atoms with E-state index in [2.05, 4.69) is 26.8 Å². The van der Waals surface area contributed by atoms with Gasteiger partial charge in [-0.1, -0.05) is 19.9 Å². The second-order valence-corrected chi connectivity index (χ2v) is 6.27. The first kappa shape index (κ1) is 12.6. The lowest BCUT2D eigenvalue weighted by molar-refractivity contribution is -0.141. The Balaban J connectivity index is 2.35. The minimum absolute atomic E-state index is 0.182. The molecule has 0 amide bonds. The maximum atomic E-state index is 10.7. The maximum Gasteiger partial charge on any atom is 0.302 e. The molecule has 1 rings (SSSR count). The molecule has 1 atom stereocenters. The monoisotopic (exact) mass is 228 g/mol. The summed E-state index contributed by atoms with van der Waals surface area (Å²) in [6.07, 6.45) is 4.35. The smallest absolute Gasteiger partial charge is 0.302 e. The lowest BCUT2D eigenvalue weighted by atomic mass is 10.0. The molecule has 0 N–H and O–H groups in total. The summed E-state index contributed by atoms with van der Waals surface area (Å²) in [5.41, 5.74) is 0. The summed E-state index contributed by atoms with van der Waals surface area (Å²) in [4.78, 5) is 12.1. The van der Waals surface area contributed by atoms with Gasteiger partial charge in [-0.25, -0.2) is 0 Å². The van der Waals surface area contributed by atoms with Crippen LogP contribution in [0.5, 0.6) is 0 Å². The molecule has 1 aliphatic rings. The third-order valence-corrected chi connectivity index (χ3v) is 4.34. The third-order valence-electron chi connectivity index (χ3n) is 2.60. The number of ether oxygens (including phenoxy) is 1. The van der Waals surface area contributed by atoms with Crippen molar-refractivity contribution >= 4 is 17.7 Å². The second kappa shape index (κ2) is 5.06. The topological polar surface area (TPSA) is 26.3 Å². The number of hydrogen-bond acceptors (Lipinski definition) is 3. The molecule has 3 heteroatoms. The normalized spacial score (nSPS) is 25.5. The third kappa shape index (κ3) is 3.90. The summed E-state index contributed by atoms with van der Waals surface area (Å²) in [5, 5.41) is 0. The van der Waals surface area contributed by atoms with Gasteiger partial charge in [-0.05, 0) is 30.6 Å². The number of carbonyl (C=O) groups excluding carboxylic acids is 1. The Morgan fingerprint density at radius 3 is 2.80 bits per heavy atom. The van der Waals surface area contributed by atoms with E-state index in [0.29, 0.717) is 12.5 Å². The molecule has 15 heavy (non-hydrogen) atoms. The molecule has 86 valence electrons. The van der Waals surface area contributed by atoms with Crippen molar-refractivity contribution in [3.63, 3.8) is 0 Å². The van der Waals surface area contributed by atoms with Crippen LogP contribution in [-0.2, 0) is 9.53 Å². The average Bonchev–Trinajstić information content (AvgIpc) is 2.47. The van der Waals surface area contributed by atoms with E-state index in [0.717, 1.165) is 12.8 Å². The molecule has 0 saturated carbocycles. The van der Waals surface area contributed by atoms with Crippen LogP contribution in [0.4, 0.5) is 0 Å². The largest absolute Gasteiger partial charge is 0.466 e. The van der Waals surface area contributed by atoms with E-state index in [4.69, 9.17) is 4.74 Å². The highest BCUT2D eigenvalue weighted by Gasteiger charge is 2.31. The molecule has 0 saturated heterocycles. The Bertz CT molecular complexity index is 271. The fourth-order valence-electron chi connectivity index (χ4n) is 1.60. The fraction of sp³-hybridized carbons (Fsp3) is 0.750. The van der Waals surface area contributed by atoms with Crippen molar-refractivity contribution in [2.24, 2.45) is 5.92 Å². The van der Waals surface area contributed by atoms with Gasteiger partial charge in [0.1, 0.15) is 0 Å². The Labute approximate surface area is 96.5 Å². The number of carbonyl (C=O) groups is 1. The molecule has 0 aromatic carbocycles. The molecule has 0 radical (unpaired) electrons. The Kier molecular flexibility index (Phi) is 4.26. The lowest BCUT2D eigenvalue weighted by Crippen LogP contribution is -2.20. The van der Waals surface area contributed by atoms with Crippen LogP contribution in [0.2, 0.25) is 0 Å². The van der Waals surface area contributed by atoms with Gasteiger partial charge < -0.3 is 4.74 Å². The molecule has 0 spiro atoms. The zero-order chi connectivity index (χ0) is 11.5.